The molecule has 0 spiro atoms. The van der Waals surface area contributed by atoms with Gasteiger partial charge >= 0.3 is 0 Å². The summed E-state index contributed by atoms with van der Waals surface area (Å²) in [5.41, 5.74) is 1.50. The van der Waals surface area contributed by atoms with E-state index in [0.717, 1.165) is 16.9 Å². The zero-order valence-corrected chi connectivity index (χ0v) is 19.2. The van der Waals surface area contributed by atoms with E-state index >= 15 is 0 Å². The highest BCUT2D eigenvalue weighted by Crippen LogP contribution is 2.64. The van der Waals surface area contributed by atoms with Gasteiger partial charge in [-0.25, -0.2) is 0 Å². The summed E-state index contributed by atoms with van der Waals surface area (Å²) in [6.45, 7) is 2.20. The van der Waals surface area contributed by atoms with Crippen LogP contribution in [0.2, 0.25) is 5.02 Å². The topological polar surface area (TPSA) is 79.2 Å². The maximum atomic E-state index is 10.7. The number of fused-ring (bicyclic) bond motifs is 1. The number of alkyl halides is 2. The van der Waals surface area contributed by atoms with Crippen molar-refractivity contribution in [3.8, 4) is 5.75 Å². The van der Waals surface area contributed by atoms with E-state index in [0.29, 0.717) is 23.6 Å². The van der Waals surface area contributed by atoms with Gasteiger partial charge in [0.2, 0.25) is 0 Å². The largest absolute Gasteiger partial charge is 0.494 e. The van der Waals surface area contributed by atoms with E-state index in [9.17, 15) is 15.3 Å². The molecule has 31 heavy (non-hydrogen) atoms. The number of aliphatic hydroxyl groups is 3. The fourth-order valence-corrected chi connectivity index (χ4v) is 5.64. The van der Waals surface area contributed by atoms with Crippen molar-refractivity contribution in [2.75, 3.05) is 13.2 Å². The molecule has 1 saturated heterocycles. The average Bonchev–Trinajstić information content (AvgIpc) is 3.44. The minimum Gasteiger partial charge on any atom is -0.494 e. The van der Waals surface area contributed by atoms with Gasteiger partial charge in [-0.3, -0.25) is 0 Å². The summed E-state index contributed by atoms with van der Waals surface area (Å²) in [7, 11) is 0. The summed E-state index contributed by atoms with van der Waals surface area (Å²) >= 11 is 18.5. The number of hydrogen-bond acceptors (Lipinski definition) is 5. The summed E-state index contributed by atoms with van der Waals surface area (Å²) in [6.07, 6.45) is -2.55. The molecule has 8 heteroatoms. The van der Waals surface area contributed by atoms with Gasteiger partial charge < -0.3 is 24.8 Å². The Morgan fingerprint density at radius 2 is 1.81 bits per heavy atom. The molecule has 2 aromatic rings. The first-order valence-corrected chi connectivity index (χ1v) is 11.5. The van der Waals surface area contributed by atoms with Crippen LogP contribution in [0.15, 0.2) is 42.5 Å². The van der Waals surface area contributed by atoms with Gasteiger partial charge in [-0.2, -0.15) is 0 Å². The van der Waals surface area contributed by atoms with E-state index in [2.05, 4.69) is 0 Å². The average molecular weight is 488 g/mol. The number of aliphatic hydroxyl groups excluding tert-OH is 3. The summed E-state index contributed by atoms with van der Waals surface area (Å²) in [4.78, 5) is -0.821. The first-order chi connectivity index (χ1) is 14.8. The Kier molecular flexibility index (Phi) is 6.76. The number of ether oxygens (including phenoxy) is 2. The molecule has 6 atom stereocenters. The third-order valence-corrected chi connectivity index (χ3v) is 7.24. The number of halogens is 3. The normalized spacial score (nSPS) is 32.1. The lowest BCUT2D eigenvalue weighted by molar-refractivity contribution is -0.187. The molecule has 1 aliphatic carbocycles. The molecule has 0 unspecified atom stereocenters. The van der Waals surface area contributed by atoms with Gasteiger partial charge in [0.1, 0.15) is 28.4 Å². The molecular weight excluding hydrogens is 463 g/mol. The lowest BCUT2D eigenvalue weighted by Gasteiger charge is -2.36. The Morgan fingerprint density at radius 3 is 2.42 bits per heavy atom. The predicted octanol–water partition coefficient (Wildman–Crippen LogP) is 3.90. The molecule has 3 N–H and O–H groups in total. The highest BCUT2D eigenvalue weighted by molar-refractivity contribution is 6.44. The lowest BCUT2D eigenvalue weighted by atomic mass is 9.91. The zero-order chi connectivity index (χ0) is 22.3. The molecule has 0 aromatic heterocycles. The molecule has 1 aliphatic heterocycles. The van der Waals surface area contributed by atoms with Gasteiger partial charge in [0.25, 0.3) is 0 Å². The molecule has 1 heterocycles. The third kappa shape index (κ3) is 4.18. The van der Waals surface area contributed by atoms with Crippen molar-refractivity contribution in [3.63, 3.8) is 0 Å². The van der Waals surface area contributed by atoms with Gasteiger partial charge in [-0.1, -0.05) is 35.9 Å². The van der Waals surface area contributed by atoms with Crippen LogP contribution in [-0.2, 0) is 11.2 Å². The number of hydrogen-bond donors (Lipinski definition) is 3. The van der Waals surface area contributed by atoms with Crippen LogP contribution in [0.1, 0.15) is 29.7 Å². The highest BCUT2D eigenvalue weighted by atomic mass is 35.5. The van der Waals surface area contributed by atoms with Gasteiger partial charge in [0.15, 0.2) is 0 Å². The van der Waals surface area contributed by atoms with Gasteiger partial charge in [0, 0.05) is 16.9 Å². The van der Waals surface area contributed by atoms with E-state index < -0.39 is 40.6 Å². The summed E-state index contributed by atoms with van der Waals surface area (Å²) in [5, 5.41) is 32.0. The standard InChI is InChI=1S/C23H25Cl3O5/c1-2-30-15-6-3-12(4-7-15)9-14-10-13(5-8-16(14)24)21-20(29)19(28)17-18(22(25)26)23(17,11-27)31-21/h3-8,10,17-22,27-29H,2,9,11H2,1H3/t17-,18+,19-,20+,21-,23+/m0/s1. The van der Waals surface area contributed by atoms with Crippen LogP contribution in [0, 0.1) is 11.8 Å². The smallest absolute Gasteiger partial charge is 0.119 e. The van der Waals surface area contributed by atoms with Gasteiger partial charge in [0.05, 0.1) is 19.3 Å². The predicted molar refractivity (Wildman–Crippen MR) is 120 cm³/mol. The van der Waals surface area contributed by atoms with Crippen molar-refractivity contribution >= 4 is 34.8 Å². The maximum absolute atomic E-state index is 10.7. The third-order valence-electron chi connectivity index (χ3n) is 6.33. The molecule has 5 nitrogen and oxygen atoms in total. The molecule has 0 radical (unpaired) electrons. The molecule has 0 amide bonds. The second-order valence-electron chi connectivity index (χ2n) is 8.12. The van der Waals surface area contributed by atoms with E-state index in [1.807, 2.05) is 37.3 Å². The number of rotatable bonds is 7. The van der Waals surface area contributed by atoms with Crippen LogP contribution in [-0.4, -0.2) is 51.2 Å². The second kappa shape index (κ2) is 9.06. The maximum Gasteiger partial charge on any atom is 0.119 e. The molecular formula is C23H25Cl3O5. The summed E-state index contributed by atoms with van der Waals surface area (Å²) < 4.78 is 11.6. The Labute approximate surface area is 196 Å². The van der Waals surface area contributed by atoms with Gasteiger partial charge in [-0.05, 0) is 48.2 Å². The van der Waals surface area contributed by atoms with Crippen molar-refractivity contribution in [2.45, 2.75) is 42.1 Å². The van der Waals surface area contributed by atoms with Crippen LogP contribution in [0.4, 0.5) is 0 Å². The van der Waals surface area contributed by atoms with E-state index in [-0.39, 0.29) is 6.61 Å². The van der Waals surface area contributed by atoms with Crippen molar-refractivity contribution in [3.05, 3.63) is 64.2 Å². The molecule has 2 aliphatic rings. The van der Waals surface area contributed by atoms with Crippen molar-refractivity contribution in [1.29, 1.82) is 0 Å². The molecule has 2 aromatic carbocycles. The first-order valence-electron chi connectivity index (χ1n) is 10.3. The minimum absolute atomic E-state index is 0.342. The Balaban J connectivity index is 1.59. The fraction of sp³-hybridized carbons (Fsp3) is 0.478. The van der Waals surface area contributed by atoms with Crippen molar-refractivity contribution in [2.24, 2.45) is 11.8 Å². The van der Waals surface area contributed by atoms with Crippen LogP contribution in [0.25, 0.3) is 0 Å². The zero-order valence-electron chi connectivity index (χ0n) is 16.9. The molecule has 168 valence electrons. The van der Waals surface area contributed by atoms with E-state index in [4.69, 9.17) is 44.3 Å². The quantitative estimate of drug-likeness (QED) is 0.516. The van der Waals surface area contributed by atoms with Crippen LogP contribution >= 0.6 is 34.8 Å². The molecule has 0 bridgehead atoms. The summed E-state index contributed by atoms with van der Waals surface area (Å²) in [6, 6.07) is 13.1. The minimum atomic E-state index is -1.18. The Bertz CT molecular complexity index is 922. The monoisotopic (exact) mass is 486 g/mol. The van der Waals surface area contributed by atoms with Crippen LogP contribution in [0.3, 0.4) is 0 Å². The van der Waals surface area contributed by atoms with Crippen molar-refractivity contribution < 1.29 is 24.8 Å². The highest BCUT2D eigenvalue weighted by Gasteiger charge is 2.75. The Hall–Kier alpha value is -1.05. The number of benzene rings is 2. The van der Waals surface area contributed by atoms with Gasteiger partial charge in [-0.15, -0.1) is 23.2 Å². The molecule has 4 rings (SSSR count). The first kappa shape index (κ1) is 23.1. The van der Waals surface area contributed by atoms with E-state index in [1.54, 1.807) is 12.1 Å². The fourth-order valence-electron chi connectivity index (χ4n) is 4.71. The lowest BCUT2D eigenvalue weighted by Crippen LogP contribution is -2.46. The SMILES string of the molecule is CCOc1ccc(Cc2cc([C@@H]3O[C@]4(CO)[C@H]([C@H](O)[C@H]3O)[C@@H]4C(Cl)Cl)ccc2Cl)cc1. The Morgan fingerprint density at radius 1 is 1.10 bits per heavy atom. The van der Waals surface area contributed by atoms with Crippen LogP contribution < -0.4 is 4.74 Å². The van der Waals surface area contributed by atoms with Crippen molar-refractivity contribution in [1.82, 2.24) is 0 Å². The summed E-state index contributed by atoms with van der Waals surface area (Å²) in [5.74, 6) is -0.163. The van der Waals surface area contributed by atoms with Crippen LogP contribution in [0.5, 0.6) is 5.75 Å². The molecule has 2 fully saturated rings. The second-order valence-corrected chi connectivity index (χ2v) is 9.69. The molecule has 1 saturated carbocycles. The van der Waals surface area contributed by atoms with E-state index in [1.165, 1.54) is 0 Å².